The van der Waals surface area contributed by atoms with E-state index in [1.54, 1.807) is 13.3 Å². The van der Waals surface area contributed by atoms with Gasteiger partial charge in [0.05, 0.1) is 12.0 Å². The van der Waals surface area contributed by atoms with Gasteiger partial charge in [0.25, 0.3) is 0 Å². The molecule has 4 nitrogen and oxygen atoms in total. The number of fused-ring (bicyclic) bond motifs is 1. The zero-order valence-corrected chi connectivity index (χ0v) is 10.0. The van der Waals surface area contributed by atoms with E-state index in [4.69, 9.17) is 10.5 Å². The Morgan fingerprint density at radius 3 is 3.00 bits per heavy atom. The van der Waals surface area contributed by atoms with Gasteiger partial charge in [-0.2, -0.15) is 0 Å². The fourth-order valence-corrected chi connectivity index (χ4v) is 2.56. The Morgan fingerprint density at radius 2 is 2.29 bits per heavy atom. The van der Waals surface area contributed by atoms with Gasteiger partial charge in [-0.05, 0) is 12.1 Å². The van der Waals surface area contributed by atoms with Crippen LogP contribution in [0, 0.1) is 0 Å². The number of hydrogen-bond donors (Lipinski definition) is 2. The van der Waals surface area contributed by atoms with Crippen LogP contribution in [0.25, 0.3) is 21.3 Å². The highest BCUT2D eigenvalue weighted by Gasteiger charge is 2.09. The van der Waals surface area contributed by atoms with E-state index in [9.17, 15) is 0 Å². The molecule has 86 valence electrons. The summed E-state index contributed by atoms with van der Waals surface area (Å²) in [4.78, 5) is 8.37. The van der Waals surface area contributed by atoms with Crippen molar-refractivity contribution in [3.63, 3.8) is 0 Å². The van der Waals surface area contributed by atoms with E-state index in [1.807, 2.05) is 24.4 Å². The molecular weight excluding hydrogens is 234 g/mol. The number of nitrogens with two attached hydrogens (primary N) is 1. The van der Waals surface area contributed by atoms with Crippen molar-refractivity contribution < 1.29 is 4.74 Å². The number of aromatic nitrogens is 2. The quantitative estimate of drug-likeness (QED) is 0.729. The SMILES string of the molecule is COc1ccc2c(-c3cnc(N)s3)c[nH]c2c1. The lowest BCUT2D eigenvalue weighted by Crippen LogP contribution is -1.81. The van der Waals surface area contributed by atoms with Crippen molar-refractivity contribution >= 4 is 27.4 Å². The first-order chi connectivity index (χ1) is 8.28. The number of nitrogen functional groups attached to an aromatic ring is 1. The number of rotatable bonds is 2. The Morgan fingerprint density at radius 1 is 1.41 bits per heavy atom. The second-order valence-corrected chi connectivity index (χ2v) is 4.74. The summed E-state index contributed by atoms with van der Waals surface area (Å²) >= 11 is 1.49. The molecule has 0 spiro atoms. The minimum atomic E-state index is 0.586. The number of nitrogens with one attached hydrogen (secondary N) is 1. The maximum absolute atomic E-state index is 5.65. The molecule has 0 aliphatic heterocycles. The first-order valence-corrected chi connectivity index (χ1v) is 5.96. The Labute approximate surface area is 102 Å². The van der Waals surface area contributed by atoms with Crippen LogP contribution in [-0.4, -0.2) is 17.1 Å². The van der Waals surface area contributed by atoms with Gasteiger partial charge in [-0.1, -0.05) is 11.3 Å². The van der Waals surface area contributed by atoms with Gasteiger partial charge in [-0.15, -0.1) is 0 Å². The summed E-state index contributed by atoms with van der Waals surface area (Å²) in [5.74, 6) is 0.842. The lowest BCUT2D eigenvalue weighted by atomic mass is 10.1. The summed E-state index contributed by atoms with van der Waals surface area (Å²) in [5.41, 5.74) is 7.82. The summed E-state index contributed by atoms with van der Waals surface area (Å²) < 4.78 is 5.19. The average Bonchev–Trinajstić information content (AvgIpc) is 2.93. The molecule has 0 amide bonds. The summed E-state index contributed by atoms with van der Waals surface area (Å²) in [5, 5.41) is 1.73. The fourth-order valence-electron chi connectivity index (χ4n) is 1.85. The van der Waals surface area contributed by atoms with Crippen molar-refractivity contribution in [1.29, 1.82) is 0 Å². The van der Waals surface area contributed by atoms with E-state index < -0.39 is 0 Å². The largest absolute Gasteiger partial charge is 0.497 e. The Hall–Kier alpha value is -2.01. The van der Waals surface area contributed by atoms with E-state index in [-0.39, 0.29) is 0 Å². The molecule has 2 aromatic heterocycles. The lowest BCUT2D eigenvalue weighted by molar-refractivity contribution is 0.415. The van der Waals surface area contributed by atoms with Gasteiger partial charge in [0.1, 0.15) is 5.75 Å². The van der Waals surface area contributed by atoms with Crippen molar-refractivity contribution in [2.75, 3.05) is 12.8 Å². The predicted octanol–water partition coefficient (Wildman–Crippen LogP) is 2.88. The molecule has 2 heterocycles. The van der Waals surface area contributed by atoms with Gasteiger partial charge in [0.2, 0.25) is 0 Å². The van der Waals surface area contributed by atoms with Crippen molar-refractivity contribution in [1.82, 2.24) is 9.97 Å². The van der Waals surface area contributed by atoms with Gasteiger partial charge >= 0.3 is 0 Å². The maximum atomic E-state index is 5.65. The van der Waals surface area contributed by atoms with Crippen molar-refractivity contribution in [3.8, 4) is 16.2 Å². The number of nitrogens with zero attached hydrogens (tertiary/aromatic N) is 1. The van der Waals surface area contributed by atoms with Crippen LogP contribution >= 0.6 is 11.3 Å². The predicted molar refractivity (Wildman–Crippen MR) is 70.4 cm³/mol. The molecule has 0 radical (unpaired) electrons. The highest BCUT2D eigenvalue weighted by Crippen LogP contribution is 2.34. The van der Waals surface area contributed by atoms with Crippen LogP contribution in [0.2, 0.25) is 0 Å². The number of methoxy groups -OCH3 is 1. The molecule has 0 saturated carbocycles. The number of anilines is 1. The van der Waals surface area contributed by atoms with Crippen LogP contribution in [0.15, 0.2) is 30.6 Å². The van der Waals surface area contributed by atoms with Gasteiger partial charge in [-0.3, -0.25) is 0 Å². The first-order valence-electron chi connectivity index (χ1n) is 5.15. The normalized spacial score (nSPS) is 10.9. The maximum Gasteiger partial charge on any atom is 0.180 e. The number of ether oxygens (including phenoxy) is 1. The number of aromatic amines is 1. The van der Waals surface area contributed by atoms with Gasteiger partial charge in [0, 0.05) is 34.9 Å². The summed E-state index contributed by atoms with van der Waals surface area (Å²) in [6, 6.07) is 5.96. The molecule has 0 aliphatic rings. The zero-order chi connectivity index (χ0) is 11.8. The third-order valence-corrected chi connectivity index (χ3v) is 3.54. The van der Waals surface area contributed by atoms with Crippen LogP contribution in [0.3, 0.4) is 0 Å². The van der Waals surface area contributed by atoms with E-state index in [0.717, 1.165) is 27.1 Å². The molecule has 0 fully saturated rings. The van der Waals surface area contributed by atoms with Crippen molar-refractivity contribution in [2.24, 2.45) is 0 Å². The summed E-state index contributed by atoms with van der Waals surface area (Å²) in [6.07, 6.45) is 3.77. The third kappa shape index (κ3) is 1.64. The van der Waals surface area contributed by atoms with Crippen LogP contribution < -0.4 is 10.5 Å². The Kier molecular flexibility index (Phi) is 2.26. The minimum Gasteiger partial charge on any atom is -0.497 e. The molecule has 0 aliphatic carbocycles. The monoisotopic (exact) mass is 245 g/mol. The van der Waals surface area contributed by atoms with E-state index >= 15 is 0 Å². The standard InChI is InChI=1S/C12H11N3OS/c1-16-7-2-3-8-9(5-14-10(8)4-7)11-6-15-12(13)17-11/h2-6,14H,1H3,(H2,13,15). The van der Waals surface area contributed by atoms with Crippen molar-refractivity contribution in [3.05, 3.63) is 30.6 Å². The zero-order valence-electron chi connectivity index (χ0n) is 9.23. The highest BCUT2D eigenvalue weighted by atomic mass is 32.1. The lowest BCUT2D eigenvalue weighted by Gasteiger charge is -1.99. The van der Waals surface area contributed by atoms with Gasteiger partial charge in [0.15, 0.2) is 5.13 Å². The van der Waals surface area contributed by atoms with E-state index in [2.05, 4.69) is 9.97 Å². The molecule has 0 saturated heterocycles. The van der Waals surface area contributed by atoms with E-state index in [0.29, 0.717) is 5.13 Å². The smallest absolute Gasteiger partial charge is 0.180 e. The molecular formula is C12H11N3OS. The summed E-state index contributed by atoms with van der Waals surface area (Å²) in [6.45, 7) is 0. The molecule has 3 aromatic rings. The first kappa shape index (κ1) is 10.2. The topological polar surface area (TPSA) is 63.9 Å². The van der Waals surface area contributed by atoms with Crippen LogP contribution in [0.1, 0.15) is 0 Å². The third-order valence-electron chi connectivity index (χ3n) is 2.68. The molecule has 0 unspecified atom stereocenters. The molecule has 3 N–H and O–H groups in total. The van der Waals surface area contributed by atoms with Crippen molar-refractivity contribution in [2.45, 2.75) is 0 Å². The Balaban J connectivity index is 2.18. The van der Waals surface area contributed by atoms with Gasteiger partial charge in [-0.25, -0.2) is 4.98 Å². The fraction of sp³-hybridized carbons (Fsp3) is 0.0833. The second kappa shape index (κ2) is 3.78. The molecule has 0 atom stereocenters. The number of benzene rings is 1. The molecule has 17 heavy (non-hydrogen) atoms. The highest BCUT2D eigenvalue weighted by molar-refractivity contribution is 7.18. The molecule has 1 aromatic carbocycles. The minimum absolute atomic E-state index is 0.586. The van der Waals surface area contributed by atoms with E-state index in [1.165, 1.54) is 11.3 Å². The van der Waals surface area contributed by atoms with Crippen LogP contribution in [0.5, 0.6) is 5.75 Å². The van der Waals surface area contributed by atoms with Crippen LogP contribution in [-0.2, 0) is 0 Å². The Bertz CT molecular complexity index is 671. The van der Waals surface area contributed by atoms with Crippen LogP contribution in [0.4, 0.5) is 5.13 Å². The number of hydrogen-bond acceptors (Lipinski definition) is 4. The number of thiazole rings is 1. The summed E-state index contributed by atoms with van der Waals surface area (Å²) in [7, 11) is 1.66. The average molecular weight is 245 g/mol. The van der Waals surface area contributed by atoms with Gasteiger partial charge < -0.3 is 15.5 Å². The molecule has 5 heteroatoms. The number of H-pyrrole nitrogens is 1. The molecule has 0 bridgehead atoms. The molecule has 3 rings (SSSR count). The second-order valence-electron chi connectivity index (χ2n) is 3.68.